The van der Waals surface area contributed by atoms with E-state index in [9.17, 15) is 9.59 Å². The van der Waals surface area contributed by atoms with E-state index in [0.29, 0.717) is 5.69 Å². The molecule has 0 aliphatic carbocycles. The van der Waals surface area contributed by atoms with Gasteiger partial charge in [-0.05, 0) is 13.0 Å². The maximum Gasteiger partial charge on any atom is 0.307 e. The SMILES string of the molecule is Cc1nn(C)c2ncc(NC(=O)C(C)C(C)C(=O)O)cc12. The number of amides is 1. The molecule has 1 amide bonds. The predicted octanol–water partition coefficient (Wildman–Crippen LogP) is 1.57. The molecule has 0 spiro atoms. The third kappa shape index (κ3) is 2.86. The number of carboxylic acids is 1. The van der Waals surface area contributed by atoms with Crippen molar-refractivity contribution in [2.24, 2.45) is 18.9 Å². The van der Waals surface area contributed by atoms with Crippen molar-refractivity contribution in [2.45, 2.75) is 20.8 Å². The van der Waals surface area contributed by atoms with Crippen LogP contribution in [0.15, 0.2) is 12.3 Å². The highest BCUT2D eigenvalue weighted by molar-refractivity contribution is 5.96. The van der Waals surface area contributed by atoms with Gasteiger partial charge in [-0.25, -0.2) is 4.98 Å². The van der Waals surface area contributed by atoms with Crippen molar-refractivity contribution in [1.82, 2.24) is 14.8 Å². The fourth-order valence-corrected chi connectivity index (χ4v) is 2.07. The van der Waals surface area contributed by atoms with E-state index in [-0.39, 0.29) is 5.91 Å². The molecule has 0 saturated heterocycles. The molecule has 7 nitrogen and oxygen atoms in total. The van der Waals surface area contributed by atoms with Crippen LogP contribution in [0.1, 0.15) is 19.5 Å². The van der Waals surface area contributed by atoms with Crippen LogP contribution in [0.4, 0.5) is 5.69 Å². The van der Waals surface area contributed by atoms with Gasteiger partial charge in [0.2, 0.25) is 5.91 Å². The molecule has 0 fully saturated rings. The van der Waals surface area contributed by atoms with Crippen LogP contribution in [-0.4, -0.2) is 31.7 Å². The number of nitrogens with zero attached hydrogens (tertiary/aromatic N) is 3. The molecule has 2 aromatic rings. The van der Waals surface area contributed by atoms with Crippen LogP contribution >= 0.6 is 0 Å². The average molecular weight is 290 g/mol. The Kier molecular flexibility index (Phi) is 3.93. The summed E-state index contributed by atoms with van der Waals surface area (Å²) in [6, 6.07) is 1.79. The van der Waals surface area contributed by atoms with Crippen molar-refractivity contribution < 1.29 is 14.7 Å². The Morgan fingerprint density at radius 3 is 2.62 bits per heavy atom. The fourth-order valence-electron chi connectivity index (χ4n) is 2.07. The Balaban J connectivity index is 2.22. The van der Waals surface area contributed by atoms with E-state index in [2.05, 4.69) is 15.4 Å². The summed E-state index contributed by atoms with van der Waals surface area (Å²) in [4.78, 5) is 27.2. The summed E-state index contributed by atoms with van der Waals surface area (Å²) in [5, 5.41) is 16.8. The zero-order chi connectivity index (χ0) is 15.7. The van der Waals surface area contributed by atoms with Crippen LogP contribution in [0.25, 0.3) is 11.0 Å². The highest BCUT2D eigenvalue weighted by Crippen LogP contribution is 2.20. The van der Waals surface area contributed by atoms with E-state index in [4.69, 9.17) is 5.11 Å². The normalized spacial score (nSPS) is 13.9. The van der Waals surface area contributed by atoms with E-state index in [1.165, 1.54) is 6.92 Å². The minimum atomic E-state index is -0.991. The van der Waals surface area contributed by atoms with Gasteiger partial charge in [-0.15, -0.1) is 0 Å². The van der Waals surface area contributed by atoms with Gasteiger partial charge < -0.3 is 10.4 Å². The number of anilines is 1. The standard InChI is InChI=1S/C14H18N4O3/c1-7(8(2)14(20)21)13(19)16-10-5-11-9(3)17-18(4)12(11)15-6-10/h5-8H,1-4H3,(H,16,19)(H,20,21). The van der Waals surface area contributed by atoms with Gasteiger partial charge in [0.15, 0.2) is 5.65 Å². The van der Waals surface area contributed by atoms with E-state index < -0.39 is 17.8 Å². The lowest BCUT2D eigenvalue weighted by Crippen LogP contribution is -2.30. The smallest absolute Gasteiger partial charge is 0.307 e. The molecule has 0 aliphatic rings. The lowest BCUT2D eigenvalue weighted by molar-refractivity contribution is -0.145. The molecule has 0 radical (unpaired) electrons. The number of rotatable bonds is 4. The molecule has 7 heteroatoms. The van der Waals surface area contributed by atoms with E-state index in [0.717, 1.165) is 16.7 Å². The van der Waals surface area contributed by atoms with Gasteiger partial charge in [-0.2, -0.15) is 5.10 Å². The zero-order valence-corrected chi connectivity index (χ0v) is 12.4. The number of carboxylic acid groups (broad SMARTS) is 1. The molecule has 0 bridgehead atoms. The second kappa shape index (κ2) is 5.51. The van der Waals surface area contributed by atoms with Gasteiger partial charge in [-0.3, -0.25) is 14.3 Å². The Bertz CT molecular complexity index is 708. The predicted molar refractivity (Wildman–Crippen MR) is 77.8 cm³/mol. The topological polar surface area (TPSA) is 97.1 Å². The number of hydrogen-bond acceptors (Lipinski definition) is 4. The number of aromatic nitrogens is 3. The number of carbonyl (C=O) groups excluding carboxylic acids is 1. The number of fused-ring (bicyclic) bond motifs is 1. The molecule has 0 saturated carbocycles. The molecule has 2 unspecified atom stereocenters. The number of aryl methyl sites for hydroxylation is 2. The summed E-state index contributed by atoms with van der Waals surface area (Å²) < 4.78 is 1.67. The molecule has 2 heterocycles. The Morgan fingerprint density at radius 2 is 2.00 bits per heavy atom. The largest absolute Gasteiger partial charge is 0.481 e. The number of hydrogen-bond donors (Lipinski definition) is 2. The van der Waals surface area contributed by atoms with Crippen LogP contribution in [0.2, 0.25) is 0 Å². The Morgan fingerprint density at radius 1 is 1.33 bits per heavy atom. The molecule has 0 aliphatic heterocycles. The molecule has 2 atom stereocenters. The quantitative estimate of drug-likeness (QED) is 0.890. The van der Waals surface area contributed by atoms with Gasteiger partial charge >= 0.3 is 5.97 Å². The lowest BCUT2D eigenvalue weighted by atomic mass is 9.95. The van der Waals surface area contributed by atoms with Crippen LogP contribution < -0.4 is 5.32 Å². The molecule has 21 heavy (non-hydrogen) atoms. The first kappa shape index (κ1) is 15.0. The van der Waals surface area contributed by atoms with Gasteiger partial charge in [0.05, 0.1) is 23.5 Å². The summed E-state index contributed by atoms with van der Waals surface area (Å²) in [5.41, 5.74) is 2.09. The van der Waals surface area contributed by atoms with Gasteiger partial charge in [0, 0.05) is 18.4 Å². The number of aliphatic carboxylic acids is 1. The van der Waals surface area contributed by atoms with Crippen molar-refractivity contribution in [3.8, 4) is 0 Å². The molecule has 2 aromatic heterocycles. The van der Waals surface area contributed by atoms with Gasteiger partial charge in [0.1, 0.15) is 0 Å². The average Bonchev–Trinajstić information content (AvgIpc) is 2.72. The fraction of sp³-hybridized carbons (Fsp3) is 0.429. The summed E-state index contributed by atoms with van der Waals surface area (Å²) in [7, 11) is 1.80. The van der Waals surface area contributed by atoms with Crippen molar-refractivity contribution in [3.63, 3.8) is 0 Å². The zero-order valence-electron chi connectivity index (χ0n) is 12.4. The second-order valence-corrected chi connectivity index (χ2v) is 5.21. The summed E-state index contributed by atoms with van der Waals surface area (Å²) in [6.45, 7) is 4.97. The van der Waals surface area contributed by atoms with Crippen molar-refractivity contribution in [3.05, 3.63) is 18.0 Å². The molecular weight excluding hydrogens is 272 g/mol. The van der Waals surface area contributed by atoms with Gasteiger partial charge in [-0.1, -0.05) is 13.8 Å². The first-order chi connectivity index (χ1) is 9.81. The molecule has 2 N–H and O–H groups in total. The summed E-state index contributed by atoms with van der Waals surface area (Å²) in [6.07, 6.45) is 1.54. The highest BCUT2D eigenvalue weighted by Gasteiger charge is 2.25. The monoisotopic (exact) mass is 290 g/mol. The first-order valence-electron chi connectivity index (χ1n) is 6.64. The third-order valence-electron chi connectivity index (χ3n) is 3.68. The molecular formula is C14H18N4O3. The van der Waals surface area contributed by atoms with Crippen LogP contribution in [0.3, 0.4) is 0 Å². The molecule has 112 valence electrons. The van der Waals surface area contributed by atoms with Crippen molar-refractivity contribution in [2.75, 3.05) is 5.32 Å². The number of pyridine rings is 1. The van der Waals surface area contributed by atoms with E-state index in [1.807, 2.05) is 6.92 Å². The van der Waals surface area contributed by atoms with Crippen molar-refractivity contribution >= 4 is 28.6 Å². The minimum Gasteiger partial charge on any atom is -0.481 e. The van der Waals surface area contributed by atoms with Crippen LogP contribution in [0.5, 0.6) is 0 Å². The Labute approximate surface area is 122 Å². The van der Waals surface area contributed by atoms with Gasteiger partial charge in [0.25, 0.3) is 0 Å². The molecule has 2 rings (SSSR count). The van der Waals surface area contributed by atoms with E-state index >= 15 is 0 Å². The summed E-state index contributed by atoms with van der Waals surface area (Å²) >= 11 is 0. The van der Waals surface area contributed by atoms with Crippen LogP contribution in [-0.2, 0) is 16.6 Å². The first-order valence-corrected chi connectivity index (χ1v) is 6.64. The van der Waals surface area contributed by atoms with E-state index in [1.54, 1.807) is 30.9 Å². The number of carbonyl (C=O) groups is 2. The maximum absolute atomic E-state index is 12.1. The summed E-state index contributed by atoms with van der Waals surface area (Å²) in [5.74, 6) is -2.71. The maximum atomic E-state index is 12.1. The Hall–Kier alpha value is -2.44. The number of nitrogens with one attached hydrogen (secondary N) is 1. The third-order valence-corrected chi connectivity index (χ3v) is 3.68. The minimum absolute atomic E-state index is 0.340. The van der Waals surface area contributed by atoms with Crippen molar-refractivity contribution in [1.29, 1.82) is 0 Å². The second-order valence-electron chi connectivity index (χ2n) is 5.21. The lowest BCUT2D eigenvalue weighted by Gasteiger charge is -2.15. The van der Waals surface area contributed by atoms with Crippen LogP contribution in [0, 0.1) is 18.8 Å². The molecule has 0 aromatic carbocycles. The highest BCUT2D eigenvalue weighted by atomic mass is 16.4.